The normalized spacial score (nSPS) is 13.0. The minimum absolute atomic E-state index is 0.00474. The minimum Gasteiger partial charge on any atom is -0.462 e. The quantitative estimate of drug-likeness (QED) is 0.0281. The van der Waals surface area contributed by atoms with Crippen molar-refractivity contribution in [2.45, 2.75) is 316 Å². The first-order valence-corrected chi connectivity index (χ1v) is 36.3. The summed E-state index contributed by atoms with van der Waals surface area (Å²) in [5.41, 5.74) is 2.62. The van der Waals surface area contributed by atoms with E-state index in [2.05, 4.69) is 43.6 Å². The van der Waals surface area contributed by atoms with Crippen molar-refractivity contribution in [1.82, 2.24) is 16.0 Å². The molecule has 3 N–H and O–H groups in total. The Bertz CT molecular complexity index is 2140. The van der Waals surface area contributed by atoms with E-state index >= 15 is 0 Å². The van der Waals surface area contributed by atoms with Gasteiger partial charge in [0.15, 0.2) is 0 Å². The van der Waals surface area contributed by atoms with Crippen LogP contribution in [-0.4, -0.2) is 61.1 Å². The summed E-state index contributed by atoms with van der Waals surface area (Å²) in [5, 5.41) is 9.30. The number of carbonyl (C=O) groups is 4. The summed E-state index contributed by atoms with van der Waals surface area (Å²) in [7, 11) is -4.21. The molecule has 3 aromatic rings. The predicted molar refractivity (Wildman–Crippen MR) is 356 cm³/mol. The largest absolute Gasteiger partial charge is 0.475 e. The highest BCUT2D eigenvalue weighted by Gasteiger charge is 2.30. The van der Waals surface area contributed by atoms with Gasteiger partial charge in [0.25, 0.3) is 0 Å². The molecular formula is C73H120N3O10P. The number of nitrogens with one attached hydrogen (secondary N) is 3. The average Bonchev–Trinajstić information content (AvgIpc) is 3.66. The van der Waals surface area contributed by atoms with Gasteiger partial charge in [0, 0.05) is 13.0 Å². The lowest BCUT2D eigenvalue weighted by Gasteiger charge is -2.25. The van der Waals surface area contributed by atoms with E-state index in [1.54, 1.807) is 0 Å². The van der Waals surface area contributed by atoms with E-state index in [-0.39, 0.29) is 69.0 Å². The zero-order valence-electron chi connectivity index (χ0n) is 54.9. The first kappa shape index (κ1) is 76.9. The Labute approximate surface area is 528 Å². The van der Waals surface area contributed by atoms with Crippen molar-refractivity contribution >= 4 is 31.5 Å². The number of hydrogen-bond donors (Lipinski definition) is 3. The van der Waals surface area contributed by atoms with Gasteiger partial charge in [-0.05, 0) is 61.6 Å². The summed E-state index contributed by atoms with van der Waals surface area (Å²) < 4.78 is 45.2. The lowest BCUT2D eigenvalue weighted by molar-refractivity contribution is -0.151. The second-order valence-corrected chi connectivity index (χ2v) is 26.0. The van der Waals surface area contributed by atoms with Crippen molar-refractivity contribution < 1.29 is 46.8 Å². The number of hydrogen-bond acceptors (Lipinski definition) is 10. The highest BCUT2D eigenvalue weighted by molar-refractivity contribution is 7.48. The maximum atomic E-state index is 14.5. The minimum atomic E-state index is -4.21. The molecule has 0 aliphatic carbocycles. The van der Waals surface area contributed by atoms with E-state index in [0.717, 1.165) is 100 Å². The summed E-state index contributed by atoms with van der Waals surface area (Å²) in [6.45, 7) is 9.22. The summed E-state index contributed by atoms with van der Waals surface area (Å²) in [6, 6.07) is 27.4. The van der Waals surface area contributed by atoms with Crippen LogP contribution >= 0.6 is 7.82 Å². The van der Waals surface area contributed by atoms with Gasteiger partial charge in [-0.2, -0.15) is 0 Å². The number of phosphoric acid groups is 1. The van der Waals surface area contributed by atoms with Crippen LogP contribution in [0.1, 0.15) is 288 Å². The van der Waals surface area contributed by atoms with Gasteiger partial charge in [0.1, 0.15) is 12.1 Å². The molecule has 492 valence electrons. The van der Waals surface area contributed by atoms with Crippen LogP contribution in [0.2, 0.25) is 0 Å². The second-order valence-electron chi connectivity index (χ2n) is 24.3. The van der Waals surface area contributed by atoms with Crippen LogP contribution in [-0.2, 0) is 66.6 Å². The smallest absolute Gasteiger partial charge is 0.462 e. The first-order chi connectivity index (χ1) is 42.6. The number of ether oxygens (including phenoxy) is 2. The number of esters is 1. The molecule has 0 saturated heterocycles. The third kappa shape index (κ3) is 41.5. The van der Waals surface area contributed by atoms with Gasteiger partial charge in [0.05, 0.1) is 51.4 Å². The second kappa shape index (κ2) is 52.4. The van der Waals surface area contributed by atoms with Gasteiger partial charge < -0.3 is 25.4 Å². The van der Waals surface area contributed by atoms with Gasteiger partial charge in [0.2, 0.25) is 17.7 Å². The van der Waals surface area contributed by atoms with E-state index in [1.807, 2.05) is 91.0 Å². The molecule has 3 aromatic carbocycles. The van der Waals surface area contributed by atoms with Crippen LogP contribution in [0.25, 0.3) is 0 Å². The lowest BCUT2D eigenvalue weighted by atomic mass is 10.0. The molecule has 0 fully saturated rings. The number of amides is 3. The third-order valence-corrected chi connectivity index (χ3v) is 17.6. The lowest BCUT2D eigenvalue weighted by Crippen LogP contribution is -2.48. The Balaban J connectivity index is 1.73. The van der Waals surface area contributed by atoms with E-state index in [9.17, 15) is 23.7 Å². The number of carbonyl (C=O) groups excluding carboxylic acids is 4. The number of benzene rings is 3. The topological polar surface area (TPSA) is 168 Å². The molecule has 0 unspecified atom stereocenters. The molecule has 0 spiro atoms. The Morgan fingerprint density at radius 3 is 1.29 bits per heavy atom. The first-order valence-electron chi connectivity index (χ1n) is 34.9. The van der Waals surface area contributed by atoms with Gasteiger partial charge in [-0.3, -0.25) is 32.7 Å². The van der Waals surface area contributed by atoms with Crippen molar-refractivity contribution in [3.63, 3.8) is 0 Å². The zero-order chi connectivity index (χ0) is 62.5. The van der Waals surface area contributed by atoms with Gasteiger partial charge in [-0.1, -0.05) is 298 Å². The molecule has 0 heterocycles. The Morgan fingerprint density at radius 1 is 0.414 bits per heavy atom. The van der Waals surface area contributed by atoms with Crippen LogP contribution in [0.5, 0.6) is 0 Å². The van der Waals surface area contributed by atoms with Crippen molar-refractivity contribution in [1.29, 1.82) is 0 Å². The van der Waals surface area contributed by atoms with Gasteiger partial charge in [-0.15, -0.1) is 0 Å². The molecule has 3 rings (SSSR count). The molecule has 0 aromatic heterocycles. The van der Waals surface area contributed by atoms with Crippen molar-refractivity contribution in [2.24, 2.45) is 0 Å². The fourth-order valence-electron chi connectivity index (χ4n) is 10.9. The molecule has 3 amide bonds. The SMILES string of the molecule is CCCCCCCCCCCC(=O)O[C@H](CCCCCCCCCCC)CC(=O)N[C@@H](CCCCC)C(=O)NCCC[C@H](COP(=O)(OCc1ccccc1)OCc1ccccc1)NC(=O)C[C@@H](CCCCCCCCCCC)OCc1ccccc1. The maximum absolute atomic E-state index is 14.5. The fourth-order valence-corrected chi connectivity index (χ4v) is 12.1. The van der Waals surface area contributed by atoms with Crippen molar-refractivity contribution in [3.05, 3.63) is 108 Å². The Morgan fingerprint density at radius 2 is 0.805 bits per heavy atom. The van der Waals surface area contributed by atoms with Gasteiger partial charge >= 0.3 is 13.8 Å². The third-order valence-electron chi connectivity index (χ3n) is 16.2. The molecule has 87 heavy (non-hydrogen) atoms. The fraction of sp³-hybridized carbons (Fsp3) is 0.699. The van der Waals surface area contributed by atoms with E-state index < -0.39 is 26.0 Å². The van der Waals surface area contributed by atoms with Crippen molar-refractivity contribution in [3.8, 4) is 0 Å². The average molecular weight is 1230 g/mol. The van der Waals surface area contributed by atoms with Crippen LogP contribution < -0.4 is 16.0 Å². The molecule has 0 radical (unpaired) electrons. The Kier molecular flexibility index (Phi) is 46.3. The molecule has 0 bridgehead atoms. The van der Waals surface area contributed by atoms with Crippen LogP contribution in [0.3, 0.4) is 0 Å². The highest BCUT2D eigenvalue weighted by Crippen LogP contribution is 2.51. The molecule has 13 nitrogen and oxygen atoms in total. The monoisotopic (exact) mass is 1230 g/mol. The summed E-state index contributed by atoms with van der Waals surface area (Å²) in [4.78, 5) is 55.5. The van der Waals surface area contributed by atoms with Crippen LogP contribution in [0.4, 0.5) is 0 Å². The summed E-state index contributed by atoms with van der Waals surface area (Å²) >= 11 is 0. The molecule has 0 aliphatic rings. The summed E-state index contributed by atoms with van der Waals surface area (Å²) in [6.07, 6.45) is 36.4. The molecule has 0 saturated carbocycles. The van der Waals surface area contributed by atoms with Crippen LogP contribution in [0.15, 0.2) is 91.0 Å². The summed E-state index contributed by atoms with van der Waals surface area (Å²) in [5.74, 6) is -1.08. The number of phosphoric ester groups is 1. The van der Waals surface area contributed by atoms with Crippen molar-refractivity contribution in [2.75, 3.05) is 13.2 Å². The molecule has 4 atom stereocenters. The number of unbranched alkanes of at least 4 members (excludes halogenated alkanes) is 26. The highest BCUT2D eigenvalue weighted by atomic mass is 31.2. The molecule has 0 aliphatic heterocycles. The standard InChI is InChI=1S/C73H120N3O10P/c1-5-9-13-16-19-22-25-28-41-52-67(82-59-63-45-35-31-36-46-63)57-70(77)75-66(62-85-87(81,83-60-64-47-37-32-38-48-64)84-61-65-49-39-33-40-50-65)51-44-56-74-73(80)69(54-34-12-8-4)76-71(78)58-68(53-42-29-26-23-20-17-14-10-6-2)86-72(79)55-43-30-27-24-21-18-15-11-7-3/h31-33,35-40,45-50,66-69H,5-30,34,41-44,51-62H2,1-4H3,(H,74,80)(H,75,77)(H,76,78)/t66-,67-,68-,69+/m1/s1. The maximum Gasteiger partial charge on any atom is 0.475 e. The van der Waals surface area contributed by atoms with Gasteiger partial charge in [-0.25, -0.2) is 4.57 Å². The van der Waals surface area contributed by atoms with Crippen LogP contribution in [0, 0.1) is 0 Å². The van der Waals surface area contributed by atoms with E-state index in [0.29, 0.717) is 38.7 Å². The zero-order valence-corrected chi connectivity index (χ0v) is 55.8. The van der Waals surface area contributed by atoms with E-state index in [4.69, 9.17) is 23.0 Å². The number of rotatable bonds is 58. The van der Waals surface area contributed by atoms with E-state index in [1.165, 1.54) is 116 Å². The Hall–Kier alpha value is -4.39. The predicted octanol–water partition coefficient (Wildman–Crippen LogP) is 19.0. The molecular weight excluding hydrogens is 1110 g/mol. The molecule has 14 heteroatoms.